The molecule has 0 aromatic heterocycles. The van der Waals surface area contributed by atoms with Crippen LogP contribution in [0.5, 0.6) is 5.75 Å². The van der Waals surface area contributed by atoms with Crippen LogP contribution in [0, 0.1) is 30.2 Å². The molecule has 0 amide bonds. The molecule has 2 rings (SSSR count). The van der Waals surface area contributed by atoms with Crippen molar-refractivity contribution in [1.29, 1.82) is 0 Å². The molecule has 1 aliphatic heterocycles. The van der Waals surface area contributed by atoms with E-state index < -0.39 is 96.4 Å². The molecular weight excluding hydrogens is 604 g/mol. The standard InChI is InChI=1S/C26H34F4N4O10/c1-15-21(27)23(29)25(24(30)22(15)28)44-20(41)3-2-16(26(42)43)34-10-8-32(13-18(37)38)6-4-31(12-17(35)36)5-7-33(9-11-34)14-19(39)40/h16H,2-14H2,1H3,(H,35,36)(H,37,38)(H,39,40)(H,42,43)/t16-/m1/s1. The third kappa shape index (κ3) is 11.0. The summed E-state index contributed by atoms with van der Waals surface area (Å²) in [4.78, 5) is 64.6. The number of hydrogen-bond acceptors (Lipinski definition) is 10. The summed E-state index contributed by atoms with van der Waals surface area (Å²) in [7, 11) is 0. The van der Waals surface area contributed by atoms with Gasteiger partial charge in [0.15, 0.2) is 11.6 Å². The lowest BCUT2D eigenvalue weighted by Gasteiger charge is -2.35. The zero-order valence-electron chi connectivity index (χ0n) is 23.8. The van der Waals surface area contributed by atoms with Gasteiger partial charge in [0.05, 0.1) is 19.6 Å². The van der Waals surface area contributed by atoms with Crippen molar-refractivity contribution >= 4 is 29.8 Å². The largest absolute Gasteiger partial charge is 0.480 e. The molecule has 1 heterocycles. The summed E-state index contributed by atoms with van der Waals surface area (Å²) in [6, 6.07) is -1.45. The van der Waals surface area contributed by atoms with Crippen molar-refractivity contribution < 1.29 is 66.7 Å². The van der Waals surface area contributed by atoms with Gasteiger partial charge in [0.25, 0.3) is 0 Å². The molecule has 1 aliphatic rings. The van der Waals surface area contributed by atoms with Gasteiger partial charge in [-0.15, -0.1) is 0 Å². The number of carbonyl (C=O) groups excluding carboxylic acids is 1. The molecule has 4 N–H and O–H groups in total. The monoisotopic (exact) mass is 638 g/mol. The second-order valence-corrected chi connectivity index (χ2v) is 10.1. The smallest absolute Gasteiger partial charge is 0.320 e. The summed E-state index contributed by atoms with van der Waals surface area (Å²) in [5.41, 5.74) is -0.968. The fourth-order valence-electron chi connectivity index (χ4n) is 4.61. The van der Waals surface area contributed by atoms with Crippen LogP contribution < -0.4 is 4.74 Å². The lowest BCUT2D eigenvalue weighted by Crippen LogP contribution is -2.52. The third-order valence-electron chi connectivity index (χ3n) is 6.95. The van der Waals surface area contributed by atoms with Gasteiger partial charge in [-0.3, -0.25) is 43.6 Å². The van der Waals surface area contributed by atoms with E-state index in [0.717, 1.165) is 6.92 Å². The molecule has 0 radical (unpaired) electrons. The molecule has 44 heavy (non-hydrogen) atoms. The normalized spacial score (nSPS) is 17.3. The SMILES string of the molecule is Cc1c(F)c(F)c(OC(=O)CC[C@H](C(=O)O)N2CCN(CC(=O)O)CCN(CC(=O)O)CCN(CC(=O)O)CC2)c(F)c1F. The molecule has 0 bridgehead atoms. The first-order chi connectivity index (χ1) is 20.6. The number of aliphatic carboxylic acids is 4. The topological polar surface area (TPSA) is 188 Å². The maximum absolute atomic E-state index is 14.2. The molecule has 1 atom stereocenters. The second kappa shape index (κ2) is 16.8. The zero-order valence-corrected chi connectivity index (χ0v) is 23.8. The van der Waals surface area contributed by atoms with E-state index in [1.165, 1.54) is 19.6 Å². The minimum absolute atomic E-state index is 0.0152. The minimum atomic E-state index is -1.94. The van der Waals surface area contributed by atoms with Crippen LogP contribution in [0.3, 0.4) is 0 Å². The summed E-state index contributed by atoms with van der Waals surface area (Å²) < 4.78 is 60.5. The first kappa shape index (κ1) is 36.3. The number of rotatable bonds is 12. The first-order valence-electron chi connectivity index (χ1n) is 13.4. The number of hydrogen-bond donors (Lipinski definition) is 4. The van der Waals surface area contributed by atoms with E-state index in [9.17, 15) is 62.0 Å². The van der Waals surface area contributed by atoms with Crippen LogP contribution in [0.25, 0.3) is 0 Å². The predicted molar refractivity (Wildman–Crippen MR) is 141 cm³/mol. The minimum Gasteiger partial charge on any atom is -0.480 e. The Hall–Kier alpha value is -3.87. The van der Waals surface area contributed by atoms with Gasteiger partial charge in [-0.2, -0.15) is 8.78 Å². The molecule has 14 nitrogen and oxygen atoms in total. The molecule has 1 aromatic rings. The Labute approximate surface area is 249 Å². The van der Waals surface area contributed by atoms with Crippen LogP contribution in [0.15, 0.2) is 0 Å². The molecule has 18 heteroatoms. The highest BCUT2D eigenvalue weighted by Gasteiger charge is 2.30. The second-order valence-electron chi connectivity index (χ2n) is 10.1. The van der Waals surface area contributed by atoms with Crippen molar-refractivity contribution in [3.8, 4) is 5.75 Å². The van der Waals surface area contributed by atoms with Gasteiger partial charge in [0, 0.05) is 64.3 Å². The lowest BCUT2D eigenvalue weighted by atomic mass is 10.1. The number of esters is 1. The van der Waals surface area contributed by atoms with Crippen LogP contribution in [0.4, 0.5) is 17.6 Å². The number of carboxylic acids is 4. The van der Waals surface area contributed by atoms with E-state index in [1.807, 2.05) is 0 Å². The molecular formula is C26H34F4N4O10. The number of ether oxygens (including phenoxy) is 1. The first-order valence-corrected chi connectivity index (χ1v) is 13.4. The van der Waals surface area contributed by atoms with E-state index in [2.05, 4.69) is 4.74 Å². The predicted octanol–water partition coefficient (Wildman–Crippen LogP) is 0.166. The van der Waals surface area contributed by atoms with Crippen LogP contribution >= 0.6 is 0 Å². The van der Waals surface area contributed by atoms with Crippen molar-refractivity contribution in [2.24, 2.45) is 0 Å². The van der Waals surface area contributed by atoms with Gasteiger partial charge in [-0.25, -0.2) is 8.78 Å². The van der Waals surface area contributed by atoms with Crippen molar-refractivity contribution in [2.75, 3.05) is 72.0 Å². The Kier molecular flexibility index (Phi) is 13.9. The van der Waals surface area contributed by atoms with Crippen molar-refractivity contribution in [3.05, 3.63) is 28.8 Å². The molecule has 1 aromatic carbocycles. The van der Waals surface area contributed by atoms with E-state index in [1.54, 1.807) is 0 Å². The average Bonchev–Trinajstić information content (AvgIpc) is 2.93. The van der Waals surface area contributed by atoms with Gasteiger partial charge in [-0.1, -0.05) is 0 Å². The quantitative estimate of drug-likeness (QED) is 0.105. The van der Waals surface area contributed by atoms with Crippen LogP contribution in [-0.4, -0.2) is 148 Å². The Bertz CT molecular complexity index is 1180. The van der Waals surface area contributed by atoms with Crippen molar-refractivity contribution in [1.82, 2.24) is 19.6 Å². The van der Waals surface area contributed by atoms with Crippen LogP contribution in [0.1, 0.15) is 18.4 Å². The molecule has 0 saturated carbocycles. The summed E-state index contributed by atoms with van der Waals surface area (Å²) in [6.07, 6.45) is -1.26. The number of benzene rings is 1. The third-order valence-corrected chi connectivity index (χ3v) is 6.95. The fourth-order valence-corrected chi connectivity index (χ4v) is 4.61. The fraction of sp³-hybridized carbons (Fsp3) is 0.577. The van der Waals surface area contributed by atoms with Gasteiger partial charge in [0.2, 0.25) is 17.4 Å². The molecule has 1 fully saturated rings. The maximum atomic E-state index is 14.2. The summed E-state index contributed by atoms with van der Waals surface area (Å²) in [5.74, 6) is -15.4. The van der Waals surface area contributed by atoms with Gasteiger partial charge in [0.1, 0.15) is 6.04 Å². The van der Waals surface area contributed by atoms with Crippen LogP contribution in [-0.2, 0) is 24.0 Å². The van der Waals surface area contributed by atoms with E-state index >= 15 is 0 Å². The Balaban J connectivity index is 2.26. The highest BCUT2D eigenvalue weighted by atomic mass is 19.2. The maximum Gasteiger partial charge on any atom is 0.320 e. The van der Waals surface area contributed by atoms with Crippen molar-refractivity contribution in [2.45, 2.75) is 25.8 Å². The molecule has 0 spiro atoms. The Morgan fingerprint density at radius 3 is 1.36 bits per heavy atom. The molecule has 0 aliphatic carbocycles. The number of halogens is 4. The number of carboxylic acid groups (broad SMARTS) is 4. The number of nitrogens with zero attached hydrogens (tertiary/aromatic N) is 4. The highest BCUT2D eigenvalue weighted by molar-refractivity contribution is 5.76. The molecule has 246 valence electrons. The lowest BCUT2D eigenvalue weighted by molar-refractivity contribution is -0.145. The van der Waals surface area contributed by atoms with Gasteiger partial charge in [-0.05, 0) is 13.3 Å². The van der Waals surface area contributed by atoms with E-state index in [-0.39, 0.29) is 58.9 Å². The molecule has 1 saturated heterocycles. The van der Waals surface area contributed by atoms with Gasteiger partial charge < -0.3 is 25.2 Å². The summed E-state index contributed by atoms with van der Waals surface area (Å²) in [5, 5.41) is 37.9. The molecule has 0 unspecified atom stereocenters. The van der Waals surface area contributed by atoms with Crippen molar-refractivity contribution in [3.63, 3.8) is 0 Å². The zero-order chi connectivity index (χ0) is 33.1. The Morgan fingerprint density at radius 2 is 1.02 bits per heavy atom. The highest BCUT2D eigenvalue weighted by Crippen LogP contribution is 2.30. The average molecular weight is 639 g/mol. The number of carbonyl (C=O) groups is 5. The summed E-state index contributed by atoms with van der Waals surface area (Å²) >= 11 is 0. The Morgan fingerprint density at radius 1 is 0.659 bits per heavy atom. The van der Waals surface area contributed by atoms with Crippen LogP contribution in [0.2, 0.25) is 0 Å². The van der Waals surface area contributed by atoms with E-state index in [4.69, 9.17) is 0 Å². The summed E-state index contributed by atoms with van der Waals surface area (Å²) in [6.45, 7) is -0.321. The van der Waals surface area contributed by atoms with E-state index in [0.29, 0.717) is 0 Å². The van der Waals surface area contributed by atoms with Gasteiger partial charge >= 0.3 is 29.8 Å².